The van der Waals surface area contributed by atoms with Gasteiger partial charge in [-0.15, -0.1) is 0 Å². The van der Waals surface area contributed by atoms with Crippen molar-refractivity contribution < 1.29 is 28.6 Å². The molecule has 0 fully saturated rings. The fourth-order valence-corrected chi connectivity index (χ4v) is 9.05. The van der Waals surface area contributed by atoms with Crippen LogP contribution < -0.4 is 0 Å². The molecular formula is C59H114O6. The molecular weight excluding hydrogens is 805 g/mol. The lowest BCUT2D eigenvalue weighted by atomic mass is 10.0. The predicted octanol–water partition coefficient (Wildman–Crippen LogP) is 19.3. The molecule has 0 saturated heterocycles. The Bertz CT molecular complexity index is 993. The van der Waals surface area contributed by atoms with E-state index in [2.05, 4.69) is 34.6 Å². The van der Waals surface area contributed by atoms with E-state index in [1.807, 2.05) is 0 Å². The normalized spacial score (nSPS) is 12.0. The molecule has 0 aliphatic carbocycles. The molecule has 6 nitrogen and oxygen atoms in total. The number of carbonyl (C=O) groups excluding carboxylic acids is 3. The van der Waals surface area contributed by atoms with Gasteiger partial charge in [-0.3, -0.25) is 14.4 Å². The van der Waals surface area contributed by atoms with Gasteiger partial charge >= 0.3 is 17.9 Å². The second-order valence-corrected chi connectivity index (χ2v) is 21.2. The SMILES string of the molecule is CCCCCCCCCCCCCCCC(=O)O[C@@H](COC(=O)CCCCCCCCCCCCCCCCCCC(C)C)COC(=O)CCCCCCCCCCCCCCC(C)C. The highest BCUT2D eigenvalue weighted by molar-refractivity contribution is 5.71. The maximum absolute atomic E-state index is 12.8. The highest BCUT2D eigenvalue weighted by atomic mass is 16.6. The Kier molecular flexibility index (Phi) is 50.5. The second-order valence-electron chi connectivity index (χ2n) is 21.2. The molecule has 1 atom stereocenters. The molecule has 0 bridgehead atoms. The van der Waals surface area contributed by atoms with Crippen molar-refractivity contribution >= 4 is 17.9 Å². The maximum atomic E-state index is 12.8. The molecule has 0 aliphatic heterocycles. The highest BCUT2D eigenvalue weighted by Crippen LogP contribution is 2.18. The third kappa shape index (κ3) is 53.2. The van der Waals surface area contributed by atoms with Gasteiger partial charge in [0.1, 0.15) is 13.2 Å². The summed E-state index contributed by atoms with van der Waals surface area (Å²) in [5.41, 5.74) is 0. The molecule has 0 aromatic heterocycles. The van der Waals surface area contributed by atoms with Gasteiger partial charge in [0, 0.05) is 19.3 Å². The molecule has 0 rings (SSSR count). The van der Waals surface area contributed by atoms with Gasteiger partial charge < -0.3 is 14.2 Å². The number of rotatable bonds is 53. The zero-order chi connectivity index (χ0) is 47.5. The molecule has 0 spiro atoms. The number of unbranched alkanes of at least 4 members (excludes halogenated alkanes) is 38. The van der Waals surface area contributed by atoms with Gasteiger partial charge in [0.2, 0.25) is 0 Å². The van der Waals surface area contributed by atoms with E-state index in [1.165, 1.54) is 218 Å². The minimum Gasteiger partial charge on any atom is -0.462 e. The first-order chi connectivity index (χ1) is 31.7. The van der Waals surface area contributed by atoms with Crippen molar-refractivity contribution in [2.24, 2.45) is 11.8 Å². The first kappa shape index (κ1) is 63.4. The molecule has 0 saturated carbocycles. The summed E-state index contributed by atoms with van der Waals surface area (Å²) in [6.45, 7) is 11.4. The van der Waals surface area contributed by atoms with Crippen LogP contribution in [0, 0.1) is 11.8 Å². The van der Waals surface area contributed by atoms with E-state index in [0.717, 1.165) is 69.6 Å². The van der Waals surface area contributed by atoms with Crippen LogP contribution in [0.1, 0.15) is 330 Å². The summed E-state index contributed by atoms with van der Waals surface area (Å²) in [4.78, 5) is 38.1. The smallest absolute Gasteiger partial charge is 0.306 e. The van der Waals surface area contributed by atoms with Crippen LogP contribution in [0.3, 0.4) is 0 Å². The lowest BCUT2D eigenvalue weighted by Gasteiger charge is -2.18. The summed E-state index contributed by atoms with van der Waals surface area (Å²) in [6, 6.07) is 0. The maximum Gasteiger partial charge on any atom is 0.306 e. The van der Waals surface area contributed by atoms with Crippen LogP contribution in [-0.2, 0) is 28.6 Å². The van der Waals surface area contributed by atoms with Crippen molar-refractivity contribution in [3.8, 4) is 0 Å². The van der Waals surface area contributed by atoms with Crippen LogP contribution >= 0.6 is 0 Å². The summed E-state index contributed by atoms with van der Waals surface area (Å²) in [7, 11) is 0. The standard InChI is InChI=1S/C59H114O6/c1-6-7-8-9-10-11-12-17-26-31-36-41-46-51-59(62)65-56(53-64-58(61)50-45-40-35-30-25-21-20-23-28-33-38-43-48-55(4)5)52-63-57(60)49-44-39-34-29-24-19-16-14-13-15-18-22-27-32-37-42-47-54(2)3/h54-56H,6-53H2,1-5H3/t56-/m0/s1. The van der Waals surface area contributed by atoms with Crippen molar-refractivity contribution in [3.63, 3.8) is 0 Å². The largest absolute Gasteiger partial charge is 0.462 e. The second kappa shape index (κ2) is 51.8. The number of carbonyl (C=O) groups is 3. The van der Waals surface area contributed by atoms with E-state index in [4.69, 9.17) is 14.2 Å². The van der Waals surface area contributed by atoms with Crippen LogP contribution in [0.5, 0.6) is 0 Å². The van der Waals surface area contributed by atoms with E-state index < -0.39 is 6.10 Å². The molecule has 0 unspecified atom stereocenters. The van der Waals surface area contributed by atoms with Gasteiger partial charge in [-0.2, -0.15) is 0 Å². The number of hydrogen-bond acceptors (Lipinski definition) is 6. The summed E-state index contributed by atoms with van der Waals surface area (Å²) in [6.07, 6.45) is 55.2. The van der Waals surface area contributed by atoms with Gasteiger partial charge in [0.25, 0.3) is 0 Å². The lowest BCUT2D eigenvalue weighted by molar-refractivity contribution is -0.167. The van der Waals surface area contributed by atoms with Crippen LogP contribution in [0.2, 0.25) is 0 Å². The van der Waals surface area contributed by atoms with E-state index in [0.29, 0.717) is 19.3 Å². The Hall–Kier alpha value is -1.59. The van der Waals surface area contributed by atoms with Gasteiger partial charge in [0.15, 0.2) is 6.10 Å². The highest BCUT2D eigenvalue weighted by Gasteiger charge is 2.19. The van der Waals surface area contributed by atoms with E-state index in [-0.39, 0.29) is 31.1 Å². The van der Waals surface area contributed by atoms with E-state index >= 15 is 0 Å². The van der Waals surface area contributed by atoms with Crippen molar-refractivity contribution in [2.75, 3.05) is 13.2 Å². The molecule has 0 aliphatic rings. The average molecular weight is 920 g/mol. The van der Waals surface area contributed by atoms with Crippen LogP contribution in [0.4, 0.5) is 0 Å². The molecule has 6 heteroatoms. The molecule has 0 N–H and O–H groups in total. The fourth-order valence-electron chi connectivity index (χ4n) is 9.05. The van der Waals surface area contributed by atoms with Gasteiger partial charge in [0.05, 0.1) is 0 Å². The average Bonchev–Trinajstić information content (AvgIpc) is 3.28. The predicted molar refractivity (Wildman–Crippen MR) is 280 cm³/mol. The summed E-state index contributed by atoms with van der Waals surface area (Å²) in [5.74, 6) is 0.849. The summed E-state index contributed by atoms with van der Waals surface area (Å²) >= 11 is 0. The Labute approximate surface area is 406 Å². The minimum absolute atomic E-state index is 0.0625. The molecule has 0 amide bonds. The topological polar surface area (TPSA) is 78.9 Å². The van der Waals surface area contributed by atoms with Crippen molar-refractivity contribution in [1.82, 2.24) is 0 Å². The quantitative estimate of drug-likeness (QED) is 0.0344. The van der Waals surface area contributed by atoms with Crippen LogP contribution in [-0.4, -0.2) is 37.2 Å². The molecule has 0 heterocycles. The molecule has 65 heavy (non-hydrogen) atoms. The fraction of sp³-hybridized carbons (Fsp3) is 0.949. The molecule has 0 aromatic carbocycles. The first-order valence-corrected chi connectivity index (χ1v) is 29.2. The summed E-state index contributed by atoms with van der Waals surface area (Å²) in [5, 5.41) is 0. The Morgan fingerprint density at radius 1 is 0.292 bits per heavy atom. The van der Waals surface area contributed by atoms with Gasteiger partial charge in [-0.25, -0.2) is 0 Å². The van der Waals surface area contributed by atoms with Crippen molar-refractivity contribution in [2.45, 2.75) is 336 Å². The molecule has 0 aromatic rings. The van der Waals surface area contributed by atoms with Gasteiger partial charge in [-0.1, -0.05) is 291 Å². The van der Waals surface area contributed by atoms with Crippen molar-refractivity contribution in [1.29, 1.82) is 0 Å². The number of hydrogen-bond donors (Lipinski definition) is 0. The third-order valence-electron chi connectivity index (χ3n) is 13.5. The lowest BCUT2D eigenvalue weighted by Crippen LogP contribution is -2.30. The Morgan fingerprint density at radius 3 is 0.754 bits per heavy atom. The van der Waals surface area contributed by atoms with Crippen LogP contribution in [0.15, 0.2) is 0 Å². The van der Waals surface area contributed by atoms with E-state index in [9.17, 15) is 14.4 Å². The third-order valence-corrected chi connectivity index (χ3v) is 13.5. The van der Waals surface area contributed by atoms with E-state index in [1.54, 1.807) is 0 Å². The first-order valence-electron chi connectivity index (χ1n) is 29.2. The zero-order valence-electron chi connectivity index (χ0n) is 44.6. The number of esters is 3. The Balaban J connectivity index is 4.27. The van der Waals surface area contributed by atoms with Crippen LogP contribution in [0.25, 0.3) is 0 Å². The minimum atomic E-state index is -0.762. The number of ether oxygens (including phenoxy) is 3. The van der Waals surface area contributed by atoms with Crippen molar-refractivity contribution in [3.05, 3.63) is 0 Å². The Morgan fingerprint density at radius 2 is 0.508 bits per heavy atom. The summed E-state index contributed by atoms with van der Waals surface area (Å²) < 4.78 is 16.9. The van der Waals surface area contributed by atoms with Gasteiger partial charge in [-0.05, 0) is 31.1 Å². The monoisotopic (exact) mass is 919 g/mol. The molecule has 0 radical (unpaired) electrons. The molecule has 386 valence electrons. The zero-order valence-corrected chi connectivity index (χ0v) is 44.6.